The Morgan fingerprint density at radius 2 is 1.91 bits per heavy atom. The highest BCUT2D eigenvalue weighted by atomic mass is 16.7. The van der Waals surface area contributed by atoms with E-state index in [1.165, 1.54) is 4.90 Å². The molecule has 0 bridgehead atoms. The lowest BCUT2D eigenvalue weighted by molar-refractivity contribution is -0.132. The summed E-state index contributed by atoms with van der Waals surface area (Å²) < 4.78 is 16.3. The van der Waals surface area contributed by atoms with E-state index in [0.29, 0.717) is 40.7 Å². The number of aromatic nitrogens is 1. The smallest absolute Gasteiger partial charge is 0.300 e. The van der Waals surface area contributed by atoms with E-state index in [1.807, 2.05) is 6.92 Å². The van der Waals surface area contributed by atoms with Crippen LogP contribution < -0.4 is 19.1 Å². The highest BCUT2D eigenvalue weighted by Crippen LogP contribution is 2.44. The molecule has 33 heavy (non-hydrogen) atoms. The third-order valence-electron chi connectivity index (χ3n) is 5.52. The Labute approximate surface area is 189 Å². The average molecular weight is 444 g/mol. The number of anilines is 1. The first-order valence-corrected chi connectivity index (χ1v) is 10.4. The molecule has 8 heteroatoms. The Hall–Kier alpha value is -4.33. The molecule has 0 aliphatic carbocycles. The largest absolute Gasteiger partial charge is 0.507 e. The number of carbonyl (C=O) groups is 2. The van der Waals surface area contributed by atoms with Gasteiger partial charge in [-0.2, -0.15) is 0 Å². The summed E-state index contributed by atoms with van der Waals surface area (Å²) >= 11 is 0. The Bertz CT molecular complexity index is 1250. The molecule has 0 radical (unpaired) electrons. The summed E-state index contributed by atoms with van der Waals surface area (Å²) in [6, 6.07) is 14.3. The maximum Gasteiger partial charge on any atom is 0.300 e. The lowest BCUT2D eigenvalue weighted by atomic mass is 9.96. The van der Waals surface area contributed by atoms with Crippen LogP contribution in [0.15, 0.2) is 72.6 Å². The van der Waals surface area contributed by atoms with Crippen molar-refractivity contribution < 1.29 is 28.9 Å². The van der Waals surface area contributed by atoms with Crippen LogP contribution in [0.4, 0.5) is 5.69 Å². The minimum Gasteiger partial charge on any atom is -0.507 e. The number of nitrogens with zero attached hydrogens (tertiary/aromatic N) is 2. The zero-order valence-corrected chi connectivity index (χ0v) is 17.7. The lowest BCUT2D eigenvalue weighted by Gasteiger charge is -2.25. The number of ether oxygens (including phenoxy) is 3. The molecule has 1 N–H and O–H groups in total. The minimum atomic E-state index is -0.870. The molecular formula is C25H20N2O6. The van der Waals surface area contributed by atoms with E-state index in [4.69, 9.17) is 14.2 Å². The highest BCUT2D eigenvalue weighted by Gasteiger charge is 2.47. The molecule has 0 spiro atoms. The van der Waals surface area contributed by atoms with E-state index in [9.17, 15) is 14.7 Å². The number of rotatable bonds is 5. The molecule has 166 valence electrons. The summed E-state index contributed by atoms with van der Waals surface area (Å²) in [5.41, 5.74) is 1.41. The number of carbonyl (C=O) groups excluding carboxylic acids is 2. The second-order valence-corrected chi connectivity index (χ2v) is 7.45. The monoisotopic (exact) mass is 444 g/mol. The number of Topliss-reactive ketones (excluding diaryl/α,β-unsaturated/α-hetero) is 1. The highest BCUT2D eigenvalue weighted by molar-refractivity contribution is 6.51. The fourth-order valence-electron chi connectivity index (χ4n) is 4.02. The van der Waals surface area contributed by atoms with Crippen molar-refractivity contribution in [2.75, 3.05) is 18.3 Å². The summed E-state index contributed by atoms with van der Waals surface area (Å²) in [5, 5.41) is 11.2. The number of hydrogen-bond acceptors (Lipinski definition) is 7. The van der Waals surface area contributed by atoms with E-state index in [1.54, 1.807) is 67.0 Å². The van der Waals surface area contributed by atoms with Crippen LogP contribution in [0.25, 0.3) is 5.76 Å². The van der Waals surface area contributed by atoms with Gasteiger partial charge in [-0.05, 0) is 55.0 Å². The third kappa shape index (κ3) is 3.55. The van der Waals surface area contributed by atoms with Crippen molar-refractivity contribution in [2.45, 2.75) is 13.0 Å². The zero-order valence-electron chi connectivity index (χ0n) is 17.7. The van der Waals surface area contributed by atoms with Crippen molar-refractivity contribution in [3.8, 4) is 17.2 Å². The number of hydrogen-bond donors (Lipinski definition) is 1. The second-order valence-electron chi connectivity index (χ2n) is 7.45. The Balaban J connectivity index is 1.65. The first-order valence-electron chi connectivity index (χ1n) is 10.4. The van der Waals surface area contributed by atoms with E-state index >= 15 is 0 Å². The molecule has 1 fully saturated rings. The van der Waals surface area contributed by atoms with Crippen molar-refractivity contribution in [3.63, 3.8) is 0 Å². The predicted octanol–water partition coefficient (Wildman–Crippen LogP) is 3.84. The van der Waals surface area contributed by atoms with Gasteiger partial charge in [-0.3, -0.25) is 19.5 Å². The number of ketones is 1. The van der Waals surface area contributed by atoms with Gasteiger partial charge in [0.2, 0.25) is 6.79 Å². The van der Waals surface area contributed by atoms with Gasteiger partial charge in [0.15, 0.2) is 11.5 Å². The van der Waals surface area contributed by atoms with Crippen LogP contribution in [-0.2, 0) is 9.59 Å². The van der Waals surface area contributed by atoms with Gasteiger partial charge in [-0.25, -0.2) is 0 Å². The standard InChI is InChI=1S/C25H20N2O6/c1-2-31-18-8-5-15(6-9-18)23(28)21-22(16-4-3-11-26-13-16)27(25(30)24(21)29)17-7-10-19-20(12-17)33-14-32-19/h3-13,22,28H,2,14H2,1H3/b23-21+. The fourth-order valence-corrected chi connectivity index (χ4v) is 4.02. The van der Waals surface area contributed by atoms with Gasteiger partial charge in [0.1, 0.15) is 11.5 Å². The zero-order chi connectivity index (χ0) is 22.9. The normalized spacial score (nSPS) is 18.6. The summed E-state index contributed by atoms with van der Waals surface area (Å²) in [4.78, 5) is 31.9. The van der Waals surface area contributed by atoms with Crippen molar-refractivity contribution in [3.05, 3.63) is 83.7 Å². The molecule has 8 nitrogen and oxygen atoms in total. The van der Waals surface area contributed by atoms with Crippen molar-refractivity contribution in [2.24, 2.45) is 0 Å². The van der Waals surface area contributed by atoms with Gasteiger partial charge in [0.25, 0.3) is 11.7 Å². The van der Waals surface area contributed by atoms with Gasteiger partial charge >= 0.3 is 0 Å². The molecule has 3 aromatic rings. The lowest BCUT2D eigenvalue weighted by Crippen LogP contribution is -2.29. The number of fused-ring (bicyclic) bond motifs is 1. The van der Waals surface area contributed by atoms with Crippen LogP contribution in [0, 0.1) is 0 Å². The first kappa shape index (κ1) is 20.6. The van der Waals surface area contributed by atoms with Gasteiger partial charge in [-0.1, -0.05) is 6.07 Å². The molecule has 5 rings (SSSR count). The van der Waals surface area contributed by atoms with E-state index in [0.717, 1.165) is 0 Å². The predicted molar refractivity (Wildman–Crippen MR) is 119 cm³/mol. The molecule has 2 aromatic carbocycles. The number of aliphatic hydroxyl groups excluding tert-OH is 1. The molecule has 1 saturated heterocycles. The third-order valence-corrected chi connectivity index (χ3v) is 5.52. The summed E-state index contributed by atoms with van der Waals surface area (Å²) in [6.07, 6.45) is 3.17. The minimum absolute atomic E-state index is 0.0187. The van der Waals surface area contributed by atoms with Crippen molar-refractivity contribution in [1.82, 2.24) is 4.98 Å². The van der Waals surface area contributed by atoms with Gasteiger partial charge in [0, 0.05) is 29.7 Å². The molecule has 1 aromatic heterocycles. The van der Waals surface area contributed by atoms with Crippen LogP contribution in [0.3, 0.4) is 0 Å². The van der Waals surface area contributed by atoms with Crippen LogP contribution >= 0.6 is 0 Å². The molecule has 0 saturated carbocycles. The Morgan fingerprint density at radius 1 is 1.12 bits per heavy atom. The van der Waals surface area contributed by atoms with E-state index < -0.39 is 17.7 Å². The average Bonchev–Trinajstić information content (AvgIpc) is 3.42. The first-order chi connectivity index (χ1) is 16.1. The maximum absolute atomic E-state index is 13.2. The number of aliphatic hydroxyl groups is 1. The fraction of sp³-hybridized carbons (Fsp3) is 0.160. The molecule has 1 atom stereocenters. The summed E-state index contributed by atoms with van der Waals surface area (Å²) in [7, 11) is 0. The SMILES string of the molecule is CCOc1ccc(/C(O)=C2\C(=O)C(=O)N(c3ccc4c(c3)OCO4)C2c2cccnc2)cc1. The van der Waals surface area contributed by atoms with Crippen LogP contribution in [0.5, 0.6) is 17.2 Å². The topological polar surface area (TPSA) is 98.2 Å². The molecule has 2 aliphatic rings. The van der Waals surface area contributed by atoms with Crippen molar-refractivity contribution >= 4 is 23.1 Å². The van der Waals surface area contributed by atoms with E-state index in [-0.39, 0.29) is 18.1 Å². The molecule has 2 aliphatic heterocycles. The van der Waals surface area contributed by atoms with E-state index in [2.05, 4.69) is 4.98 Å². The number of benzene rings is 2. The van der Waals surface area contributed by atoms with Crippen molar-refractivity contribution in [1.29, 1.82) is 0 Å². The maximum atomic E-state index is 13.2. The summed E-state index contributed by atoms with van der Waals surface area (Å²) in [5.74, 6) is -0.135. The van der Waals surface area contributed by atoms with Gasteiger partial charge in [0.05, 0.1) is 18.2 Å². The quantitative estimate of drug-likeness (QED) is 0.363. The van der Waals surface area contributed by atoms with Crippen LogP contribution in [-0.4, -0.2) is 35.2 Å². The molecule has 3 heterocycles. The molecule has 1 amide bonds. The molecule has 1 unspecified atom stereocenters. The van der Waals surface area contributed by atoms with Gasteiger partial charge < -0.3 is 19.3 Å². The Kier molecular flexibility index (Phi) is 5.18. The van der Waals surface area contributed by atoms with Gasteiger partial charge in [-0.15, -0.1) is 0 Å². The second kappa shape index (κ2) is 8.31. The Morgan fingerprint density at radius 3 is 2.64 bits per heavy atom. The van der Waals surface area contributed by atoms with Crippen LogP contribution in [0.1, 0.15) is 24.1 Å². The number of pyridine rings is 1. The summed E-state index contributed by atoms with van der Waals surface area (Å²) in [6.45, 7) is 2.47. The molecular weight excluding hydrogens is 424 g/mol. The van der Waals surface area contributed by atoms with Crippen LogP contribution in [0.2, 0.25) is 0 Å². The number of amides is 1.